The van der Waals surface area contributed by atoms with Crippen LogP contribution in [0.1, 0.15) is 6.92 Å². The fourth-order valence-corrected chi connectivity index (χ4v) is 0. The summed E-state index contributed by atoms with van der Waals surface area (Å²) in [7, 11) is 0. The molecule has 0 aromatic rings. The molecule has 0 aromatic carbocycles. The minimum absolute atomic E-state index is 0. The average molecular weight is 206 g/mol. The van der Waals surface area contributed by atoms with Crippen molar-refractivity contribution in [3.05, 3.63) is 4.43 Å². The van der Waals surface area contributed by atoms with Gasteiger partial charge in [0.05, 0.1) is 0 Å². The Hall–Kier alpha value is 1.31. The Labute approximate surface area is 52.4 Å². The van der Waals surface area contributed by atoms with E-state index in [1.54, 1.807) is 0 Å². The first kappa shape index (κ1) is 9.01. The van der Waals surface area contributed by atoms with Gasteiger partial charge >= 0.3 is 0 Å². The van der Waals surface area contributed by atoms with Gasteiger partial charge in [-0.2, -0.15) is 6.92 Å². The van der Waals surface area contributed by atoms with Crippen molar-refractivity contribution in [1.29, 1.82) is 0 Å². The van der Waals surface area contributed by atoms with Gasteiger partial charge in [0.1, 0.15) is 0 Å². The van der Waals surface area contributed by atoms with E-state index in [4.69, 9.17) is 0 Å². The van der Waals surface area contributed by atoms with Crippen molar-refractivity contribution in [1.82, 2.24) is 0 Å². The van der Waals surface area contributed by atoms with Crippen LogP contribution >= 0.6 is 22.6 Å². The van der Waals surface area contributed by atoms with Gasteiger partial charge in [0.2, 0.25) is 0 Å². The fourth-order valence-electron chi connectivity index (χ4n) is 0. The zero-order valence-electron chi connectivity index (χ0n) is 2.40. The molecule has 0 heterocycles. The molecule has 0 aliphatic rings. The maximum absolute atomic E-state index is 2.16. The van der Waals surface area contributed by atoms with Crippen LogP contribution in [0.4, 0.5) is 0 Å². The third-order valence-electron chi connectivity index (χ3n) is 0. The van der Waals surface area contributed by atoms with Crippen molar-refractivity contribution in [2.75, 3.05) is 0 Å². The van der Waals surface area contributed by atoms with Crippen molar-refractivity contribution in [2.24, 2.45) is 0 Å². The topological polar surface area (TPSA) is 0 Å². The first-order chi connectivity index (χ1) is 1.41. The maximum Gasteiger partial charge on any atom is 0 e. The molecule has 0 aromatic heterocycles. The van der Waals surface area contributed by atoms with Gasteiger partial charge in [0.25, 0.3) is 0 Å². The molecule has 1 radical (unpaired) electrons. The summed E-state index contributed by atoms with van der Waals surface area (Å²) >= 11 is 2.16. The molecular weight excluding hydrogens is 202 g/mol. The van der Waals surface area contributed by atoms with E-state index in [-0.39, 0.29) is 18.6 Å². The first-order valence-corrected chi connectivity index (χ1v) is 2.04. The van der Waals surface area contributed by atoms with E-state index in [0.717, 1.165) is 0 Å². The number of hydrogen-bond acceptors (Lipinski definition) is 0. The third kappa shape index (κ3) is 10.3. The van der Waals surface area contributed by atoms with Gasteiger partial charge in [0.15, 0.2) is 0 Å². The molecule has 0 saturated heterocycles. The standard InChI is InChI=1S/C2H4I.V/c1-2-3;/h2H,1H3;/q-1;. The van der Waals surface area contributed by atoms with Gasteiger partial charge in [-0.25, -0.2) is 0 Å². The average Bonchev–Trinajstić information content (AvgIpc) is 0.918. The third-order valence-corrected chi connectivity index (χ3v) is 0. The van der Waals surface area contributed by atoms with E-state index in [2.05, 4.69) is 22.6 Å². The number of rotatable bonds is 0. The van der Waals surface area contributed by atoms with Gasteiger partial charge < -0.3 is 22.6 Å². The molecular formula is C2H4IV-. The molecule has 0 aliphatic heterocycles. The number of halogens is 1. The summed E-state index contributed by atoms with van der Waals surface area (Å²) in [5.41, 5.74) is 0. The van der Waals surface area contributed by atoms with Gasteiger partial charge in [-0.15, -0.1) is 0 Å². The molecule has 0 amide bonds. The molecule has 25 valence electrons. The Bertz CT molecular complexity index is 6.00. The van der Waals surface area contributed by atoms with Crippen molar-refractivity contribution in [2.45, 2.75) is 6.92 Å². The van der Waals surface area contributed by atoms with Crippen LogP contribution in [0.2, 0.25) is 0 Å². The largest absolute Gasteiger partial charge is 0.316 e. The predicted octanol–water partition coefficient (Wildman–Crippen LogP) is 1.60. The van der Waals surface area contributed by atoms with E-state index in [9.17, 15) is 0 Å². The summed E-state index contributed by atoms with van der Waals surface area (Å²) in [4.78, 5) is 0. The molecule has 0 fully saturated rings. The predicted molar refractivity (Wildman–Crippen MR) is 24.0 cm³/mol. The minimum atomic E-state index is 0. The van der Waals surface area contributed by atoms with Gasteiger partial charge in [-0.1, -0.05) is 0 Å². The van der Waals surface area contributed by atoms with Gasteiger partial charge in [-0.3, -0.25) is 4.43 Å². The summed E-state index contributed by atoms with van der Waals surface area (Å²) in [6, 6.07) is 0. The summed E-state index contributed by atoms with van der Waals surface area (Å²) in [6.45, 7) is 1.99. The molecule has 0 N–H and O–H groups in total. The number of hydrogen-bond donors (Lipinski definition) is 0. The monoisotopic (exact) mass is 206 g/mol. The first-order valence-electron chi connectivity index (χ1n) is 0.796. The van der Waals surface area contributed by atoms with E-state index in [1.807, 2.05) is 11.4 Å². The summed E-state index contributed by atoms with van der Waals surface area (Å²) in [5, 5.41) is 0. The smallest absolute Gasteiger partial charge is 0 e. The fraction of sp³-hybridized carbons (Fsp3) is 0.500. The van der Waals surface area contributed by atoms with Crippen LogP contribution in [-0.2, 0) is 18.6 Å². The van der Waals surface area contributed by atoms with E-state index < -0.39 is 0 Å². The normalized spacial score (nSPS) is 4.50. The summed E-state index contributed by atoms with van der Waals surface area (Å²) in [6.07, 6.45) is 0. The van der Waals surface area contributed by atoms with Crippen LogP contribution in [0, 0.1) is 4.43 Å². The summed E-state index contributed by atoms with van der Waals surface area (Å²) in [5.74, 6) is 0. The molecule has 4 heavy (non-hydrogen) atoms. The van der Waals surface area contributed by atoms with E-state index in [1.165, 1.54) is 0 Å². The minimum Gasteiger partial charge on any atom is -0.316 e. The SMILES string of the molecule is C[CH-]I.[V]. The quantitative estimate of drug-likeness (QED) is 0.417. The van der Waals surface area contributed by atoms with Crippen LogP contribution in [-0.4, -0.2) is 0 Å². The summed E-state index contributed by atoms with van der Waals surface area (Å²) < 4.78 is 1.97. The zero-order chi connectivity index (χ0) is 2.71. The molecule has 0 nitrogen and oxygen atoms in total. The van der Waals surface area contributed by atoms with Crippen LogP contribution in [0.5, 0.6) is 0 Å². The Kier molecular flexibility index (Phi) is 19.9. The van der Waals surface area contributed by atoms with E-state index in [0.29, 0.717) is 0 Å². The maximum atomic E-state index is 2.16. The molecule has 0 bridgehead atoms. The molecule has 0 aliphatic carbocycles. The van der Waals surface area contributed by atoms with Crippen LogP contribution < -0.4 is 0 Å². The second-order valence-electron chi connectivity index (χ2n) is 0.218. The van der Waals surface area contributed by atoms with Crippen molar-refractivity contribution in [3.63, 3.8) is 0 Å². The van der Waals surface area contributed by atoms with Crippen molar-refractivity contribution >= 4 is 22.6 Å². The Morgan fingerprint density at radius 2 is 1.75 bits per heavy atom. The molecule has 0 atom stereocenters. The Morgan fingerprint density at radius 1 is 1.75 bits per heavy atom. The Morgan fingerprint density at radius 3 is 1.75 bits per heavy atom. The molecule has 0 spiro atoms. The van der Waals surface area contributed by atoms with Gasteiger partial charge in [0, 0.05) is 18.6 Å². The second kappa shape index (κ2) is 8.85. The van der Waals surface area contributed by atoms with Crippen LogP contribution in [0.3, 0.4) is 0 Å². The molecule has 0 rings (SSSR count). The Balaban J connectivity index is 0. The zero-order valence-corrected chi connectivity index (χ0v) is 5.96. The van der Waals surface area contributed by atoms with E-state index >= 15 is 0 Å². The van der Waals surface area contributed by atoms with Crippen molar-refractivity contribution < 1.29 is 18.6 Å². The molecule has 2 heteroatoms. The second-order valence-corrected chi connectivity index (χ2v) is 1.46. The van der Waals surface area contributed by atoms with Crippen LogP contribution in [0.25, 0.3) is 0 Å². The van der Waals surface area contributed by atoms with Crippen molar-refractivity contribution in [3.8, 4) is 0 Å². The molecule has 0 saturated carbocycles. The van der Waals surface area contributed by atoms with Crippen LogP contribution in [0.15, 0.2) is 0 Å². The molecule has 0 unspecified atom stereocenters. The van der Waals surface area contributed by atoms with Gasteiger partial charge in [-0.05, 0) is 0 Å².